The van der Waals surface area contributed by atoms with E-state index in [9.17, 15) is 0 Å². The summed E-state index contributed by atoms with van der Waals surface area (Å²) in [6.45, 7) is 9.87. The zero-order valence-corrected chi connectivity index (χ0v) is 11.8. The lowest BCUT2D eigenvalue weighted by Crippen LogP contribution is -2.29. The van der Waals surface area contributed by atoms with Crippen LogP contribution in [0, 0.1) is 13.8 Å². The Morgan fingerprint density at radius 3 is 2.29 bits per heavy atom. The van der Waals surface area contributed by atoms with E-state index in [1.165, 1.54) is 23.1 Å². The first-order valence-electron chi connectivity index (χ1n) is 6.46. The van der Waals surface area contributed by atoms with Crippen LogP contribution in [0.2, 0.25) is 0 Å². The van der Waals surface area contributed by atoms with Gasteiger partial charge in [-0.1, -0.05) is 6.92 Å². The lowest BCUT2D eigenvalue weighted by molar-refractivity contribution is 0.413. The van der Waals surface area contributed by atoms with E-state index in [2.05, 4.69) is 45.1 Å². The molecule has 0 aliphatic rings. The summed E-state index contributed by atoms with van der Waals surface area (Å²) in [5.41, 5.74) is 4.10. The van der Waals surface area contributed by atoms with Crippen molar-refractivity contribution in [1.29, 1.82) is 0 Å². The third kappa shape index (κ3) is 4.04. The average Bonchev–Trinajstić information content (AvgIpc) is 2.30. The predicted molar refractivity (Wildman–Crippen MR) is 73.9 cm³/mol. The van der Waals surface area contributed by atoms with Crippen molar-refractivity contribution in [3.05, 3.63) is 28.8 Å². The normalized spacial score (nSPS) is 12.5. The molecular weight excluding hydrogens is 210 g/mol. The van der Waals surface area contributed by atoms with Crippen LogP contribution in [-0.2, 0) is 6.42 Å². The summed E-state index contributed by atoms with van der Waals surface area (Å²) >= 11 is 0. The summed E-state index contributed by atoms with van der Waals surface area (Å²) in [5.74, 6) is 0.956. The van der Waals surface area contributed by atoms with Crippen molar-refractivity contribution in [3.8, 4) is 5.75 Å². The van der Waals surface area contributed by atoms with Crippen LogP contribution in [0.1, 0.15) is 37.0 Å². The van der Waals surface area contributed by atoms with Crippen molar-refractivity contribution >= 4 is 0 Å². The number of benzene rings is 1. The monoisotopic (exact) mass is 235 g/mol. The zero-order chi connectivity index (χ0) is 12.8. The Morgan fingerprint density at radius 1 is 1.24 bits per heavy atom. The van der Waals surface area contributed by atoms with Crippen LogP contribution < -0.4 is 10.1 Å². The fourth-order valence-electron chi connectivity index (χ4n) is 2.16. The molecule has 2 heteroatoms. The van der Waals surface area contributed by atoms with E-state index in [1.54, 1.807) is 7.11 Å². The molecular formula is C15H25NO. The smallest absolute Gasteiger partial charge is 0.119 e. The molecule has 0 radical (unpaired) electrons. The highest BCUT2D eigenvalue weighted by Crippen LogP contribution is 2.22. The molecule has 1 aromatic carbocycles. The van der Waals surface area contributed by atoms with Crippen LogP contribution in [0.3, 0.4) is 0 Å². The number of hydrogen-bond acceptors (Lipinski definition) is 2. The second-order valence-corrected chi connectivity index (χ2v) is 4.80. The Bertz CT molecular complexity index is 337. The minimum absolute atomic E-state index is 0.528. The Balaban J connectivity index is 2.77. The van der Waals surface area contributed by atoms with Gasteiger partial charge < -0.3 is 10.1 Å². The Labute approximate surface area is 105 Å². The summed E-state index contributed by atoms with van der Waals surface area (Å²) in [6.07, 6.45) is 2.27. The van der Waals surface area contributed by atoms with Crippen LogP contribution >= 0.6 is 0 Å². The maximum Gasteiger partial charge on any atom is 0.119 e. The first-order chi connectivity index (χ1) is 8.08. The molecule has 96 valence electrons. The van der Waals surface area contributed by atoms with E-state index in [4.69, 9.17) is 4.74 Å². The minimum Gasteiger partial charge on any atom is -0.497 e. The zero-order valence-electron chi connectivity index (χ0n) is 11.8. The summed E-state index contributed by atoms with van der Waals surface area (Å²) in [6, 6.07) is 4.77. The molecule has 1 N–H and O–H groups in total. The highest BCUT2D eigenvalue weighted by atomic mass is 16.5. The molecule has 1 rings (SSSR count). The van der Waals surface area contributed by atoms with Gasteiger partial charge >= 0.3 is 0 Å². The average molecular weight is 235 g/mol. The lowest BCUT2D eigenvalue weighted by atomic mass is 9.96. The number of hydrogen-bond donors (Lipinski definition) is 1. The van der Waals surface area contributed by atoms with Gasteiger partial charge in [-0.15, -0.1) is 0 Å². The van der Waals surface area contributed by atoms with Gasteiger partial charge in [-0.05, 0) is 69.0 Å². The molecule has 0 heterocycles. The fourth-order valence-corrected chi connectivity index (χ4v) is 2.16. The molecule has 0 spiro atoms. The predicted octanol–water partition coefficient (Wildman–Crippen LogP) is 3.24. The molecule has 0 aromatic heterocycles. The Kier molecular flexibility index (Phi) is 5.49. The standard InChI is InChI=1S/C15H25NO/c1-6-7-16-13(4)10-15-11(2)8-14(17-5)9-12(15)3/h8-9,13,16H,6-7,10H2,1-5H3. The number of methoxy groups -OCH3 is 1. The molecule has 0 aliphatic heterocycles. The van der Waals surface area contributed by atoms with Gasteiger partial charge in [0.15, 0.2) is 0 Å². The third-order valence-corrected chi connectivity index (χ3v) is 3.16. The van der Waals surface area contributed by atoms with Crippen LogP contribution in [-0.4, -0.2) is 19.7 Å². The Hall–Kier alpha value is -1.02. The molecule has 0 bridgehead atoms. The summed E-state index contributed by atoms with van der Waals surface area (Å²) < 4.78 is 5.29. The van der Waals surface area contributed by atoms with Crippen molar-refractivity contribution in [2.75, 3.05) is 13.7 Å². The fraction of sp³-hybridized carbons (Fsp3) is 0.600. The molecule has 0 fully saturated rings. The van der Waals surface area contributed by atoms with Gasteiger partial charge in [-0.25, -0.2) is 0 Å². The van der Waals surface area contributed by atoms with E-state index in [1.807, 2.05) is 0 Å². The molecule has 1 aromatic rings. The molecule has 0 aliphatic carbocycles. The molecule has 0 saturated heterocycles. The number of aryl methyl sites for hydroxylation is 2. The second kappa shape index (κ2) is 6.65. The van der Waals surface area contributed by atoms with Gasteiger partial charge in [0.25, 0.3) is 0 Å². The van der Waals surface area contributed by atoms with E-state index in [0.29, 0.717) is 6.04 Å². The van der Waals surface area contributed by atoms with Crippen molar-refractivity contribution in [2.24, 2.45) is 0 Å². The van der Waals surface area contributed by atoms with Crippen molar-refractivity contribution in [2.45, 2.75) is 46.6 Å². The first kappa shape index (κ1) is 14.0. The minimum atomic E-state index is 0.528. The summed E-state index contributed by atoms with van der Waals surface area (Å²) in [5, 5.41) is 3.53. The van der Waals surface area contributed by atoms with Gasteiger partial charge in [-0.3, -0.25) is 0 Å². The molecule has 1 atom stereocenters. The SMILES string of the molecule is CCCNC(C)Cc1c(C)cc(OC)cc1C. The molecule has 17 heavy (non-hydrogen) atoms. The van der Waals surface area contributed by atoms with Crippen molar-refractivity contribution < 1.29 is 4.74 Å². The van der Waals surface area contributed by atoms with E-state index in [-0.39, 0.29) is 0 Å². The van der Waals surface area contributed by atoms with Gasteiger partial charge in [0.2, 0.25) is 0 Å². The molecule has 1 unspecified atom stereocenters. The number of ether oxygens (including phenoxy) is 1. The van der Waals surface area contributed by atoms with Gasteiger partial charge in [0.05, 0.1) is 7.11 Å². The topological polar surface area (TPSA) is 21.3 Å². The number of rotatable bonds is 6. The van der Waals surface area contributed by atoms with E-state index < -0.39 is 0 Å². The first-order valence-corrected chi connectivity index (χ1v) is 6.46. The molecule has 2 nitrogen and oxygen atoms in total. The highest BCUT2D eigenvalue weighted by Gasteiger charge is 2.09. The van der Waals surface area contributed by atoms with Gasteiger partial charge in [0.1, 0.15) is 5.75 Å². The Morgan fingerprint density at radius 2 is 1.82 bits per heavy atom. The van der Waals surface area contributed by atoms with Crippen LogP contribution in [0.4, 0.5) is 0 Å². The lowest BCUT2D eigenvalue weighted by Gasteiger charge is -2.17. The maximum absolute atomic E-state index is 5.29. The van der Waals surface area contributed by atoms with E-state index >= 15 is 0 Å². The summed E-state index contributed by atoms with van der Waals surface area (Å²) in [7, 11) is 1.72. The van der Waals surface area contributed by atoms with E-state index in [0.717, 1.165) is 18.7 Å². The molecule has 0 amide bonds. The van der Waals surface area contributed by atoms with Crippen LogP contribution in [0.15, 0.2) is 12.1 Å². The van der Waals surface area contributed by atoms with Crippen LogP contribution in [0.5, 0.6) is 5.75 Å². The maximum atomic E-state index is 5.29. The van der Waals surface area contributed by atoms with Crippen molar-refractivity contribution in [1.82, 2.24) is 5.32 Å². The number of nitrogens with one attached hydrogen (secondary N) is 1. The van der Waals surface area contributed by atoms with Crippen molar-refractivity contribution in [3.63, 3.8) is 0 Å². The summed E-state index contributed by atoms with van der Waals surface area (Å²) in [4.78, 5) is 0. The van der Waals surface area contributed by atoms with Crippen LogP contribution in [0.25, 0.3) is 0 Å². The van der Waals surface area contributed by atoms with Gasteiger partial charge in [0, 0.05) is 6.04 Å². The largest absolute Gasteiger partial charge is 0.497 e. The van der Waals surface area contributed by atoms with Gasteiger partial charge in [-0.2, -0.15) is 0 Å². The highest BCUT2D eigenvalue weighted by molar-refractivity contribution is 5.41. The second-order valence-electron chi connectivity index (χ2n) is 4.80. The molecule has 0 saturated carbocycles. The third-order valence-electron chi connectivity index (χ3n) is 3.16. The quantitative estimate of drug-likeness (QED) is 0.817.